The lowest BCUT2D eigenvalue weighted by Gasteiger charge is -2.08. The average Bonchev–Trinajstić information content (AvgIpc) is 3.09. The van der Waals surface area contributed by atoms with Crippen LogP contribution >= 0.6 is 23.2 Å². The lowest BCUT2D eigenvalue weighted by Crippen LogP contribution is -2.14. The summed E-state index contributed by atoms with van der Waals surface area (Å²) in [4.78, 5) is 13.0. The Hall–Kier alpha value is -3.00. The molecule has 3 aromatic carbocycles. The normalized spacial score (nSPS) is 11.6. The highest BCUT2D eigenvalue weighted by molar-refractivity contribution is 7.92. The molecule has 0 saturated carbocycles. The van der Waals surface area contributed by atoms with Crippen molar-refractivity contribution in [3.05, 3.63) is 82.0 Å². The van der Waals surface area contributed by atoms with E-state index in [1.165, 1.54) is 12.1 Å². The molecule has 1 aromatic heterocycles. The maximum atomic E-state index is 13.0. The minimum absolute atomic E-state index is 0.00849. The van der Waals surface area contributed by atoms with E-state index in [1.807, 2.05) is 12.1 Å². The number of carbonyl (C=O) groups excluding carboxylic acids is 1. The number of nitrogens with one attached hydrogen (secondary N) is 1. The quantitative estimate of drug-likeness (QED) is 0.325. The fraction of sp³-hybridized carbons (Fsp3) is 0.0870. The Morgan fingerprint density at radius 2 is 1.78 bits per heavy atom. The third-order valence-electron chi connectivity index (χ3n) is 4.96. The lowest BCUT2D eigenvalue weighted by atomic mass is 10.0. The molecular weight excluding hydrogens is 471 g/mol. The topological polar surface area (TPSA) is 102 Å². The van der Waals surface area contributed by atoms with Crippen molar-refractivity contribution < 1.29 is 17.6 Å². The van der Waals surface area contributed by atoms with Gasteiger partial charge in [-0.3, -0.25) is 9.52 Å². The van der Waals surface area contributed by atoms with Gasteiger partial charge in [-0.2, -0.15) is 0 Å². The molecule has 0 aliphatic carbocycles. The lowest BCUT2D eigenvalue weighted by molar-refractivity contribution is 0.101. The predicted octanol–water partition coefficient (Wildman–Crippen LogP) is 5.98. The van der Waals surface area contributed by atoms with Crippen LogP contribution in [0.4, 0.5) is 11.4 Å². The molecule has 32 heavy (non-hydrogen) atoms. The van der Waals surface area contributed by atoms with E-state index in [9.17, 15) is 13.2 Å². The largest absolute Gasteiger partial charge is 0.450 e. The first-order chi connectivity index (χ1) is 15.2. The smallest absolute Gasteiger partial charge is 0.232 e. The van der Waals surface area contributed by atoms with Gasteiger partial charge in [0.1, 0.15) is 5.58 Å². The number of furan rings is 1. The molecule has 3 N–H and O–H groups in total. The number of halogens is 2. The molecule has 0 radical (unpaired) electrons. The van der Waals surface area contributed by atoms with Crippen LogP contribution in [-0.2, 0) is 10.0 Å². The van der Waals surface area contributed by atoms with E-state index >= 15 is 0 Å². The molecule has 4 aromatic rings. The van der Waals surface area contributed by atoms with Crippen molar-refractivity contribution >= 4 is 61.4 Å². The zero-order chi connectivity index (χ0) is 23.0. The van der Waals surface area contributed by atoms with Crippen molar-refractivity contribution in [3.8, 4) is 11.1 Å². The average molecular weight is 489 g/mol. The van der Waals surface area contributed by atoms with Crippen molar-refractivity contribution in [1.29, 1.82) is 0 Å². The van der Waals surface area contributed by atoms with Crippen molar-refractivity contribution in [1.82, 2.24) is 0 Å². The van der Waals surface area contributed by atoms with Gasteiger partial charge in [0.15, 0.2) is 5.76 Å². The molecule has 0 fully saturated rings. The van der Waals surface area contributed by atoms with Gasteiger partial charge in [-0.05, 0) is 60.5 Å². The fourth-order valence-corrected chi connectivity index (χ4v) is 4.40. The standard InChI is InChI=1S/C23H18Cl2N2O4S/c1-2-32(29,30)27-16-5-3-4-13(10-16)14-6-8-18-20(11-14)31-23(21(18)26)22(28)17-9-7-15(24)12-19(17)25/h3-12,27H,2,26H2,1H3. The Morgan fingerprint density at radius 3 is 2.50 bits per heavy atom. The van der Waals surface area contributed by atoms with Crippen LogP contribution in [0.3, 0.4) is 0 Å². The van der Waals surface area contributed by atoms with Crippen molar-refractivity contribution in [2.75, 3.05) is 16.2 Å². The summed E-state index contributed by atoms with van der Waals surface area (Å²) in [5, 5.41) is 1.21. The first-order valence-electron chi connectivity index (χ1n) is 9.61. The third-order valence-corrected chi connectivity index (χ3v) is 6.81. The molecule has 0 atom stereocenters. The number of nitrogens with two attached hydrogens (primary N) is 1. The number of nitrogen functional groups attached to an aromatic ring is 1. The van der Waals surface area contributed by atoms with Gasteiger partial charge in [-0.15, -0.1) is 0 Å². The van der Waals surface area contributed by atoms with Crippen LogP contribution in [-0.4, -0.2) is 20.0 Å². The van der Waals surface area contributed by atoms with Crippen LogP contribution in [0.15, 0.2) is 65.1 Å². The minimum Gasteiger partial charge on any atom is -0.450 e. The molecule has 0 amide bonds. The number of rotatable bonds is 6. The first kappa shape index (κ1) is 22.2. The van der Waals surface area contributed by atoms with Gasteiger partial charge in [-0.1, -0.05) is 41.4 Å². The second kappa shape index (κ2) is 8.50. The van der Waals surface area contributed by atoms with E-state index in [-0.39, 0.29) is 27.8 Å². The molecule has 6 nitrogen and oxygen atoms in total. The summed E-state index contributed by atoms with van der Waals surface area (Å²) >= 11 is 12.1. The minimum atomic E-state index is -3.39. The molecule has 1 heterocycles. The first-order valence-corrected chi connectivity index (χ1v) is 12.0. The summed E-state index contributed by atoms with van der Waals surface area (Å²) < 4.78 is 32.1. The fourth-order valence-electron chi connectivity index (χ4n) is 3.27. The van der Waals surface area contributed by atoms with Crippen LogP contribution in [0.1, 0.15) is 23.0 Å². The van der Waals surface area contributed by atoms with E-state index in [2.05, 4.69) is 4.72 Å². The number of sulfonamides is 1. The number of benzene rings is 3. The Kier molecular flexibility index (Phi) is 5.90. The van der Waals surface area contributed by atoms with Gasteiger partial charge < -0.3 is 10.2 Å². The zero-order valence-corrected chi connectivity index (χ0v) is 19.2. The summed E-state index contributed by atoms with van der Waals surface area (Å²) in [6.45, 7) is 1.57. The molecule has 4 rings (SSSR count). The SMILES string of the molecule is CCS(=O)(=O)Nc1cccc(-c2ccc3c(N)c(C(=O)c4ccc(Cl)cc4Cl)oc3c2)c1. The highest BCUT2D eigenvalue weighted by Crippen LogP contribution is 2.35. The van der Waals surface area contributed by atoms with Crippen LogP contribution in [0.2, 0.25) is 10.0 Å². The van der Waals surface area contributed by atoms with Gasteiger partial charge in [0.05, 0.1) is 16.5 Å². The Morgan fingerprint density at radius 1 is 1.03 bits per heavy atom. The molecule has 164 valence electrons. The summed E-state index contributed by atoms with van der Waals surface area (Å²) in [7, 11) is -3.39. The summed E-state index contributed by atoms with van der Waals surface area (Å²) in [5.41, 5.74) is 9.06. The highest BCUT2D eigenvalue weighted by Gasteiger charge is 2.22. The van der Waals surface area contributed by atoms with Gasteiger partial charge in [0.2, 0.25) is 15.8 Å². The Bertz CT molecular complexity index is 1460. The van der Waals surface area contributed by atoms with E-state index < -0.39 is 15.8 Å². The molecular formula is C23H18Cl2N2O4S. The summed E-state index contributed by atoms with van der Waals surface area (Å²) in [6, 6.07) is 16.9. The summed E-state index contributed by atoms with van der Waals surface area (Å²) in [6.07, 6.45) is 0. The van der Waals surface area contributed by atoms with E-state index in [0.717, 1.165) is 11.1 Å². The maximum Gasteiger partial charge on any atom is 0.232 e. The molecule has 0 aliphatic rings. The number of hydrogen-bond donors (Lipinski definition) is 2. The van der Waals surface area contributed by atoms with Gasteiger partial charge in [-0.25, -0.2) is 8.42 Å². The number of fused-ring (bicyclic) bond motifs is 1. The van der Waals surface area contributed by atoms with Gasteiger partial charge >= 0.3 is 0 Å². The number of anilines is 2. The predicted molar refractivity (Wildman–Crippen MR) is 129 cm³/mol. The number of ketones is 1. The Labute approximate surface area is 195 Å². The van der Waals surface area contributed by atoms with E-state index in [4.69, 9.17) is 33.4 Å². The van der Waals surface area contributed by atoms with Crippen molar-refractivity contribution in [2.24, 2.45) is 0 Å². The summed E-state index contributed by atoms with van der Waals surface area (Å²) in [5.74, 6) is -0.479. The zero-order valence-electron chi connectivity index (χ0n) is 16.9. The monoisotopic (exact) mass is 488 g/mol. The highest BCUT2D eigenvalue weighted by atomic mass is 35.5. The van der Waals surface area contributed by atoms with Crippen LogP contribution in [0.5, 0.6) is 0 Å². The van der Waals surface area contributed by atoms with Crippen molar-refractivity contribution in [2.45, 2.75) is 6.92 Å². The number of carbonyl (C=O) groups is 1. The van der Waals surface area contributed by atoms with Crippen LogP contribution < -0.4 is 10.5 Å². The van der Waals surface area contributed by atoms with Gasteiger partial charge in [0.25, 0.3) is 0 Å². The van der Waals surface area contributed by atoms with E-state index in [0.29, 0.717) is 21.7 Å². The van der Waals surface area contributed by atoms with Gasteiger partial charge in [0, 0.05) is 21.7 Å². The number of hydrogen-bond acceptors (Lipinski definition) is 5. The van der Waals surface area contributed by atoms with E-state index in [1.54, 1.807) is 43.3 Å². The third kappa shape index (κ3) is 4.32. The molecule has 0 aliphatic heterocycles. The maximum absolute atomic E-state index is 13.0. The second-order valence-corrected chi connectivity index (χ2v) is 9.95. The second-order valence-electron chi connectivity index (χ2n) is 7.10. The Balaban J connectivity index is 1.73. The van der Waals surface area contributed by atoms with Crippen LogP contribution in [0, 0.1) is 0 Å². The molecule has 0 saturated heterocycles. The van der Waals surface area contributed by atoms with Crippen molar-refractivity contribution in [3.63, 3.8) is 0 Å². The molecule has 0 spiro atoms. The van der Waals surface area contributed by atoms with Crippen LogP contribution in [0.25, 0.3) is 22.1 Å². The molecule has 9 heteroatoms. The molecule has 0 bridgehead atoms. The molecule has 0 unspecified atom stereocenters.